The Hall–Kier alpha value is -0.520. The minimum atomic E-state index is 0.276. The molecule has 15 heavy (non-hydrogen) atoms. The first-order valence-electron chi connectivity index (χ1n) is 5.19. The number of hydrogen-bond acceptors (Lipinski definition) is 4. The van der Waals surface area contributed by atoms with Crippen LogP contribution in [0.5, 0.6) is 0 Å². The lowest BCUT2D eigenvalue weighted by atomic mass is 10.0. The smallest absolute Gasteiger partial charge is 0.107 e. The minimum absolute atomic E-state index is 0.276. The summed E-state index contributed by atoms with van der Waals surface area (Å²) in [6.45, 7) is 1.97. The first kappa shape index (κ1) is 11.0. The van der Waals surface area contributed by atoms with Gasteiger partial charge in [-0.1, -0.05) is 18.6 Å². The summed E-state index contributed by atoms with van der Waals surface area (Å²) in [5.74, 6) is 0. The molecule has 0 spiro atoms. The molecule has 0 bridgehead atoms. The van der Waals surface area contributed by atoms with E-state index in [0.717, 1.165) is 24.5 Å². The predicted octanol–water partition coefficient (Wildman–Crippen LogP) is 1.78. The van der Waals surface area contributed by atoms with Crippen LogP contribution in [0.3, 0.4) is 0 Å². The lowest BCUT2D eigenvalue weighted by Gasteiger charge is -2.34. The van der Waals surface area contributed by atoms with Crippen molar-refractivity contribution < 1.29 is 0 Å². The molecule has 2 rings (SSSR count). The molecule has 0 aromatic carbocycles. The van der Waals surface area contributed by atoms with Gasteiger partial charge in [0.2, 0.25) is 0 Å². The molecule has 1 fully saturated rings. The van der Waals surface area contributed by atoms with E-state index in [1.165, 1.54) is 12.8 Å². The lowest BCUT2D eigenvalue weighted by molar-refractivity contribution is 0.184. The van der Waals surface area contributed by atoms with Gasteiger partial charge in [-0.15, -0.1) is 11.3 Å². The average molecular weight is 241 g/mol. The van der Waals surface area contributed by atoms with Crippen molar-refractivity contribution in [2.45, 2.75) is 31.8 Å². The Bertz CT molecular complexity index is 323. The van der Waals surface area contributed by atoms with E-state index in [9.17, 15) is 0 Å². The molecule has 5 heteroatoms. The Morgan fingerprint density at radius 3 is 3.20 bits per heavy atom. The largest absolute Gasteiger partial charge is 0.392 e. The summed E-state index contributed by atoms with van der Waals surface area (Å²) in [5, 5.41) is 3.16. The second kappa shape index (κ2) is 5.01. The van der Waals surface area contributed by atoms with Crippen LogP contribution in [-0.4, -0.2) is 27.5 Å². The molecular weight excluding hydrogens is 226 g/mol. The quantitative estimate of drug-likeness (QED) is 0.819. The molecule has 1 aromatic heterocycles. The van der Waals surface area contributed by atoms with E-state index in [2.05, 4.69) is 9.88 Å². The molecule has 1 aliphatic heterocycles. The third-order valence-electron chi connectivity index (χ3n) is 2.76. The van der Waals surface area contributed by atoms with Crippen LogP contribution in [0.2, 0.25) is 0 Å². The lowest BCUT2D eigenvalue weighted by Crippen LogP contribution is -2.46. The van der Waals surface area contributed by atoms with Gasteiger partial charge < -0.3 is 5.73 Å². The highest BCUT2D eigenvalue weighted by atomic mass is 32.1. The van der Waals surface area contributed by atoms with Crippen LogP contribution in [0.15, 0.2) is 11.6 Å². The molecule has 1 aliphatic rings. The number of hydrogen-bond donors (Lipinski definition) is 1. The van der Waals surface area contributed by atoms with Gasteiger partial charge >= 0.3 is 0 Å². The van der Waals surface area contributed by atoms with Gasteiger partial charge in [0.25, 0.3) is 0 Å². The zero-order chi connectivity index (χ0) is 10.7. The second-order valence-electron chi connectivity index (χ2n) is 3.81. The van der Waals surface area contributed by atoms with E-state index in [4.69, 9.17) is 18.0 Å². The molecule has 1 saturated heterocycles. The number of thiocarbonyl (C=S) groups is 1. The molecule has 2 heterocycles. The van der Waals surface area contributed by atoms with Crippen LogP contribution >= 0.6 is 23.6 Å². The van der Waals surface area contributed by atoms with Crippen molar-refractivity contribution in [3.63, 3.8) is 0 Å². The number of thiazole rings is 1. The first-order chi connectivity index (χ1) is 7.27. The fraction of sp³-hybridized carbons (Fsp3) is 0.600. The van der Waals surface area contributed by atoms with Crippen molar-refractivity contribution in [3.05, 3.63) is 16.6 Å². The number of likely N-dealkylation sites (tertiary alicyclic amines) is 1. The third kappa shape index (κ3) is 2.74. The predicted molar refractivity (Wildman–Crippen MR) is 66.9 cm³/mol. The first-order valence-corrected chi connectivity index (χ1v) is 6.48. The Kier molecular flexibility index (Phi) is 3.66. The van der Waals surface area contributed by atoms with Crippen molar-refractivity contribution in [2.75, 3.05) is 6.54 Å². The average Bonchev–Trinajstić information content (AvgIpc) is 2.71. The number of rotatable bonds is 3. The molecule has 0 aliphatic carbocycles. The summed E-state index contributed by atoms with van der Waals surface area (Å²) in [6.07, 6.45) is 5.42. The van der Waals surface area contributed by atoms with Crippen LogP contribution in [0.25, 0.3) is 0 Å². The molecule has 2 N–H and O–H groups in total. The maximum absolute atomic E-state index is 5.76. The van der Waals surface area contributed by atoms with E-state index in [1.807, 2.05) is 11.6 Å². The monoisotopic (exact) mass is 241 g/mol. The van der Waals surface area contributed by atoms with E-state index in [0.29, 0.717) is 4.99 Å². The molecule has 0 saturated carbocycles. The van der Waals surface area contributed by atoms with Gasteiger partial charge in [0.1, 0.15) is 5.01 Å². The fourth-order valence-corrected chi connectivity index (χ4v) is 2.92. The van der Waals surface area contributed by atoms with Crippen molar-refractivity contribution in [1.82, 2.24) is 9.88 Å². The third-order valence-corrected chi connectivity index (χ3v) is 3.80. The maximum atomic E-state index is 5.76. The summed E-state index contributed by atoms with van der Waals surface area (Å²) in [6, 6.07) is 0.276. The van der Waals surface area contributed by atoms with Gasteiger partial charge in [-0.3, -0.25) is 4.90 Å². The molecule has 1 atom stereocenters. The minimum Gasteiger partial charge on any atom is -0.392 e. The summed E-state index contributed by atoms with van der Waals surface area (Å²) in [4.78, 5) is 7.28. The second-order valence-corrected chi connectivity index (χ2v) is 5.26. The van der Waals surface area contributed by atoms with Crippen LogP contribution in [0.1, 0.15) is 24.3 Å². The summed E-state index contributed by atoms with van der Waals surface area (Å²) < 4.78 is 0. The highest BCUT2D eigenvalue weighted by Crippen LogP contribution is 2.20. The number of nitrogens with two attached hydrogens (primary N) is 1. The molecule has 1 aromatic rings. The van der Waals surface area contributed by atoms with Crippen molar-refractivity contribution in [1.29, 1.82) is 0 Å². The zero-order valence-corrected chi connectivity index (χ0v) is 10.2. The van der Waals surface area contributed by atoms with Crippen LogP contribution in [-0.2, 0) is 6.54 Å². The standard InChI is InChI=1S/C10H15N3S2/c11-10(14)8-3-1-2-5-13(8)7-9-12-4-6-15-9/h4,6,8H,1-3,5,7H2,(H2,11,14). The fourth-order valence-electron chi connectivity index (χ4n) is 2.01. The molecule has 0 amide bonds. The Morgan fingerprint density at radius 1 is 1.67 bits per heavy atom. The van der Waals surface area contributed by atoms with Gasteiger partial charge in [0.05, 0.1) is 17.6 Å². The van der Waals surface area contributed by atoms with E-state index >= 15 is 0 Å². The SMILES string of the molecule is NC(=S)C1CCCCN1Cc1nccs1. The van der Waals surface area contributed by atoms with E-state index < -0.39 is 0 Å². The van der Waals surface area contributed by atoms with Crippen LogP contribution in [0.4, 0.5) is 0 Å². The van der Waals surface area contributed by atoms with Gasteiger partial charge in [0, 0.05) is 11.6 Å². The maximum Gasteiger partial charge on any atom is 0.107 e. The van der Waals surface area contributed by atoms with Crippen molar-refractivity contribution in [2.24, 2.45) is 5.73 Å². The number of piperidine rings is 1. The Morgan fingerprint density at radius 2 is 2.53 bits per heavy atom. The van der Waals surface area contributed by atoms with Crippen molar-refractivity contribution >= 4 is 28.5 Å². The van der Waals surface area contributed by atoms with Gasteiger partial charge in [0.15, 0.2) is 0 Å². The zero-order valence-electron chi connectivity index (χ0n) is 8.56. The van der Waals surface area contributed by atoms with Gasteiger partial charge in [-0.2, -0.15) is 0 Å². The van der Waals surface area contributed by atoms with Gasteiger partial charge in [-0.05, 0) is 19.4 Å². The molecule has 3 nitrogen and oxygen atoms in total. The summed E-state index contributed by atoms with van der Waals surface area (Å²) >= 11 is 6.80. The molecular formula is C10H15N3S2. The summed E-state index contributed by atoms with van der Waals surface area (Å²) in [5.41, 5.74) is 5.76. The molecule has 1 unspecified atom stereocenters. The van der Waals surface area contributed by atoms with E-state index in [-0.39, 0.29) is 6.04 Å². The summed E-state index contributed by atoms with van der Waals surface area (Å²) in [7, 11) is 0. The molecule has 0 radical (unpaired) electrons. The van der Waals surface area contributed by atoms with E-state index in [1.54, 1.807) is 11.3 Å². The highest BCUT2D eigenvalue weighted by molar-refractivity contribution is 7.80. The molecule has 82 valence electrons. The Labute approximate surface area is 99.3 Å². The number of nitrogens with zero attached hydrogens (tertiary/aromatic N) is 2. The Balaban J connectivity index is 2.02. The van der Waals surface area contributed by atoms with Crippen LogP contribution < -0.4 is 5.73 Å². The topological polar surface area (TPSA) is 42.1 Å². The van der Waals surface area contributed by atoms with Crippen LogP contribution in [0, 0.1) is 0 Å². The number of aromatic nitrogens is 1. The van der Waals surface area contributed by atoms with Gasteiger partial charge in [-0.25, -0.2) is 4.98 Å². The normalized spacial score (nSPS) is 22.8. The highest BCUT2D eigenvalue weighted by Gasteiger charge is 2.24. The van der Waals surface area contributed by atoms with Crippen molar-refractivity contribution in [3.8, 4) is 0 Å².